The van der Waals surface area contributed by atoms with Crippen molar-refractivity contribution in [2.75, 3.05) is 50.6 Å². The number of nitriles is 1. The summed E-state index contributed by atoms with van der Waals surface area (Å²) in [5, 5.41) is 9.33. The standard InChI is InChI=1S/C28H28N8O2/c1-33(2)21-8-11-35(12-9-21)28-27-30-10-13-36(27)25(24(32-28)19-6-4-18(15-29)5-7-19)20-14-22-26(31-16-20)34(3)23(37)17-38-22/h4-7,10,13-14,16,21H,8-9,11-12,17H2,1-3H3. The number of rotatable bonds is 4. The van der Waals surface area contributed by atoms with Gasteiger partial charge in [0.25, 0.3) is 5.91 Å². The number of hydrogen-bond donors (Lipinski definition) is 0. The molecule has 0 saturated carbocycles. The predicted molar refractivity (Wildman–Crippen MR) is 144 cm³/mol. The van der Waals surface area contributed by atoms with Crippen LogP contribution >= 0.6 is 0 Å². The van der Waals surface area contributed by atoms with E-state index in [-0.39, 0.29) is 12.5 Å². The molecule has 10 heteroatoms. The Kier molecular flexibility index (Phi) is 5.93. The lowest BCUT2D eigenvalue weighted by molar-refractivity contribution is -0.121. The van der Waals surface area contributed by atoms with Crippen molar-refractivity contribution in [2.24, 2.45) is 0 Å². The van der Waals surface area contributed by atoms with Crippen molar-refractivity contribution in [3.8, 4) is 34.3 Å². The van der Waals surface area contributed by atoms with Gasteiger partial charge in [-0.05, 0) is 45.1 Å². The number of imidazole rings is 1. The number of nitrogens with zero attached hydrogens (tertiary/aromatic N) is 8. The van der Waals surface area contributed by atoms with Gasteiger partial charge in [-0.3, -0.25) is 14.1 Å². The molecule has 0 atom stereocenters. The summed E-state index contributed by atoms with van der Waals surface area (Å²) in [7, 11) is 5.96. The Bertz CT molecular complexity index is 1560. The predicted octanol–water partition coefficient (Wildman–Crippen LogP) is 3.22. The van der Waals surface area contributed by atoms with Gasteiger partial charge in [0.2, 0.25) is 0 Å². The minimum Gasteiger partial charge on any atom is -0.480 e. The van der Waals surface area contributed by atoms with Gasteiger partial charge in [-0.2, -0.15) is 5.26 Å². The van der Waals surface area contributed by atoms with Gasteiger partial charge in [0, 0.05) is 55.9 Å². The molecular formula is C28H28N8O2. The van der Waals surface area contributed by atoms with E-state index in [2.05, 4.69) is 39.3 Å². The molecule has 0 unspecified atom stereocenters. The summed E-state index contributed by atoms with van der Waals surface area (Å²) in [5.74, 6) is 1.72. The maximum absolute atomic E-state index is 12.1. The molecular weight excluding hydrogens is 480 g/mol. The molecule has 6 rings (SSSR count). The number of carbonyl (C=O) groups excluding carboxylic acids is 1. The normalized spacial score (nSPS) is 16.0. The molecule has 1 fully saturated rings. The van der Waals surface area contributed by atoms with Crippen LogP contribution in [0.25, 0.3) is 28.2 Å². The SMILES string of the molecule is CN1C(=O)COc2cc(-c3c(-c4ccc(C#N)cc4)nc(N4CCC(N(C)C)CC4)c4nccn34)cnc21. The van der Waals surface area contributed by atoms with Gasteiger partial charge >= 0.3 is 0 Å². The van der Waals surface area contributed by atoms with E-state index in [4.69, 9.17) is 14.7 Å². The highest BCUT2D eigenvalue weighted by atomic mass is 16.5. The third kappa shape index (κ3) is 4.01. The Labute approximate surface area is 220 Å². The zero-order valence-electron chi connectivity index (χ0n) is 21.6. The smallest absolute Gasteiger partial charge is 0.265 e. The first-order valence-corrected chi connectivity index (χ1v) is 12.6. The molecule has 0 N–H and O–H groups in total. The van der Waals surface area contributed by atoms with Gasteiger partial charge in [0.05, 0.1) is 23.0 Å². The fraction of sp³-hybridized carbons (Fsp3) is 0.321. The zero-order valence-corrected chi connectivity index (χ0v) is 21.6. The lowest BCUT2D eigenvalue weighted by atomic mass is 10.0. The molecule has 4 aromatic rings. The Balaban J connectivity index is 1.53. The van der Waals surface area contributed by atoms with E-state index in [1.54, 1.807) is 31.6 Å². The number of aromatic nitrogens is 4. The van der Waals surface area contributed by atoms with Crippen molar-refractivity contribution in [1.29, 1.82) is 5.26 Å². The lowest BCUT2D eigenvalue weighted by Crippen LogP contribution is -2.42. The van der Waals surface area contributed by atoms with Crippen LogP contribution in [0.3, 0.4) is 0 Å². The summed E-state index contributed by atoms with van der Waals surface area (Å²) in [6.45, 7) is 1.75. The zero-order chi connectivity index (χ0) is 26.4. The second kappa shape index (κ2) is 9.43. The molecule has 0 aliphatic carbocycles. The van der Waals surface area contributed by atoms with Crippen molar-refractivity contribution < 1.29 is 9.53 Å². The van der Waals surface area contributed by atoms with Crippen LogP contribution in [-0.2, 0) is 4.79 Å². The van der Waals surface area contributed by atoms with E-state index in [0.717, 1.165) is 59.9 Å². The molecule has 1 saturated heterocycles. The van der Waals surface area contributed by atoms with Crippen LogP contribution in [0.1, 0.15) is 18.4 Å². The fourth-order valence-corrected chi connectivity index (χ4v) is 5.24. The first-order chi connectivity index (χ1) is 18.4. The molecule has 38 heavy (non-hydrogen) atoms. The minimum absolute atomic E-state index is 0.0301. The number of likely N-dealkylation sites (N-methyl/N-ethyl adjacent to an activating group) is 1. The van der Waals surface area contributed by atoms with Crippen LogP contribution in [0.5, 0.6) is 5.75 Å². The maximum Gasteiger partial charge on any atom is 0.265 e. The molecule has 1 aromatic carbocycles. The highest BCUT2D eigenvalue weighted by molar-refractivity contribution is 5.96. The van der Waals surface area contributed by atoms with Crippen LogP contribution in [-0.4, -0.2) is 77.0 Å². The van der Waals surface area contributed by atoms with Gasteiger partial charge in [0.1, 0.15) is 0 Å². The summed E-state index contributed by atoms with van der Waals surface area (Å²) < 4.78 is 7.79. The van der Waals surface area contributed by atoms with Crippen molar-refractivity contribution in [3.63, 3.8) is 0 Å². The van der Waals surface area contributed by atoms with Gasteiger partial charge in [0.15, 0.2) is 29.6 Å². The van der Waals surface area contributed by atoms with Crippen LogP contribution in [0.15, 0.2) is 48.9 Å². The second-order valence-electron chi connectivity index (χ2n) is 9.91. The Hall–Kier alpha value is -4.49. The Morgan fingerprint density at radius 3 is 2.55 bits per heavy atom. The van der Waals surface area contributed by atoms with Gasteiger partial charge in [-0.25, -0.2) is 15.0 Å². The first kappa shape index (κ1) is 23.9. The number of amides is 1. The number of ether oxygens (including phenoxy) is 1. The number of pyridine rings is 1. The fourth-order valence-electron chi connectivity index (χ4n) is 5.24. The van der Waals surface area contributed by atoms with E-state index >= 15 is 0 Å². The second-order valence-corrected chi connectivity index (χ2v) is 9.91. The first-order valence-electron chi connectivity index (χ1n) is 12.6. The topological polar surface area (TPSA) is 103 Å². The van der Waals surface area contributed by atoms with Crippen LogP contribution in [0, 0.1) is 11.3 Å². The van der Waals surface area contributed by atoms with Crippen molar-refractivity contribution in [3.05, 3.63) is 54.5 Å². The number of hydrogen-bond acceptors (Lipinski definition) is 8. The highest BCUT2D eigenvalue weighted by Crippen LogP contribution is 2.39. The number of anilines is 2. The Morgan fingerprint density at radius 1 is 1.08 bits per heavy atom. The molecule has 0 spiro atoms. The molecule has 3 aromatic heterocycles. The largest absolute Gasteiger partial charge is 0.480 e. The number of fused-ring (bicyclic) bond motifs is 2. The summed E-state index contributed by atoms with van der Waals surface area (Å²) in [6, 6.07) is 12.1. The third-order valence-electron chi connectivity index (χ3n) is 7.45. The highest BCUT2D eigenvalue weighted by Gasteiger charge is 2.28. The van der Waals surface area contributed by atoms with Crippen LogP contribution in [0.4, 0.5) is 11.6 Å². The summed E-state index contributed by atoms with van der Waals surface area (Å²) in [4.78, 5) is 32.7. The summed E-state index contributed by atoms with van der Waals surface area (Å²) >= 11 is 0. The van der Waals surface area contributed by atoms with Gasteiger partial charge < -0.3 is 14.5 Å². The van der Waals surface area contributed by atoms with Crippen LogP contribution in [0.2, 0.25) is 0 Å². The minimum atomic E-state index is -0.142. The quantitative estimate of drug-likeness (QED) is 0.414. The number of benzene rings is 1. The van der Waals surface area contributed by atoms with E-state index in [1.165, 1.54) is 4.90 Å². The van der Waals surface area contributed by atoms with E-state index in [1.807, 2.05) is 24.4 Å². The molecule has 0 bridgehead atoms. The molecule has 10 nitrogen and oxygen atoms in total. The molecule has 192 valence electrons. The van der Waals surface area contributed by atoms with Gasteiger partial charge in [-0.15, -0.1) is 0 Å². The molecule has 1 amide bonds. The average Bonchev–Trinajstić information content (AvgIpc) is 3.44. The van der Waals surface area contributed by atoms with E-state index in [0.29, 0.717) is 23.2 Å². The maximum atomic E-state index is 12.1. The molecule has 2 aliphatic rings. The van der Waals surface area contributed by atoms with Crippen LogP contribution < -0.4 is 14.5 Å². The van der Waals surface area contributed by atoms with E-state index in [9.17, 15) is 10.1 Å². The number of piperidine rings is 1. The number of carbonyl (C=O) groups is 1. The summed E-state index contributed by atoms with van der Waals surface area (Å²) in [5.41, 5.74) is 4.59. The lowest BCUT2D eigenvalue weighted by Gasteiger charge is -2.36. The molecule has 5 heterocycles. The summed E-state index contributed by atoms with van der Waals surface area (Å²) in [6.07, 6.45) is 7.56. The van der Waals surface area contributed by atoms with Crippen molar-refractivity contribution in [2.45, 2.75) is 18.9 Å². The van der Waals surface area contributed by atoms with Crippen molar-refractivity contribution in [1.82, 2.24) is 24.3 Å². The van der Waals surface area contributed by atoms with E-state index < -0.39 is 0 Å². The third-order valence-corrected chi connectivity index (χ3v) is 7.45. The molecule has 2 aliphatic heterocycles. The van der Waals surface area contributed by atoms with Gasteiger partial charge in [-0.1, -0.05) is 12.1 Å². The average molecular weight is 509 g/mol. The van der Waals surface area contributed by atoms with Crippen molar-refractivity contribution >= 4 is 23.2 Å². The monoisotopic (exact) mass is 508 g/mol. The molecule has 0 radical (unpaired) electrons. The Morgan fingerprint density at radius 2 is 1.84 bits per heavy atom.